The summed E-state index contributed by atoms with van der Waals surface area (Å²) in [6.45, 7) is -1.16. The zero-order valence-corrected chi connectivity index (χ0v) is 16.2. The lowest BCUT2D eigenvalue weighted by Crippen LogP contribution is -2.30. The van der Waals surface area contributed by atoms with Crippen molar-refractivity contribution in [3.63, 3.8) is 0 Å². The van der Waals surface area contributed by atoms with Crippen LogP contribution in [0, 0.1) is 0 Å². The second-order valence-electron chi connectivity index (χ2n) is 6.96. The molecule has 1 amide bonds. The number of hydrogen-bond acceptors (Lipinski definition) is 8. The number of nitrogens with one attached hydrogen (secondary N) is 1. The Balaban J connectivity index is 1.49. The van der Waals surface area contributed by atoms with Gasteiger partial charge in [-0.1, -0.05) is 12.1 Å². The third kappa shape index (κ3) is 4.17. The van der Waals surface area contributed by atoms with Gasteiger partial charge in [-0.3, -0.25) is 9.36 Å². The zero-order chi connectivity index (χ0) is 22.1. The molecule has 3 heterocycles. The molecule has 12 heteroatoms. The van der Waals surface area contributed by atoms with E-state index >= 15 is 0 Å². The van der Waals surface area contributed by atoms with Gasteiger partial charge in [0.25, 0.3) is 5.91 Å². The van der Waals surface area contributed by atoms with E-state index in [1.54, 1.807) is 19.1 Å². The lowest BCUT2D eigenvalue weighted by atomic mass is 10.1. The molecule has 3 aromatic rings. The highest BCUT2D eigenvalue weighted by atomic mass is 19.3. The molecule has 0 aliphatic carbocycles. The molecule has 4 rings (SSSR count). The normalized spacial score (nSPS) is 23.4. The molecule has 0 saturated carbocycles. The number of carbonyl (C=O) groups excluding carboxylic acids is 1. The maximum atomic E-state index is 12.6. The summed E-state index contributed by atoms with van der Waals surface area (Å²) >= 11 is 0. The summed E-state index contributed by atoms with van der Waals surface area (Å²) in [7, 11) is 0. The van der Waals surface area contributed by atoms with Crippen molar-refractivity contribution in [3.8, 4) is 5.75 Å². The van der Waals surface area contributed by atoms with Gasteiger partial charge in [0.1, 0.15) is 29.8 Å². The van der Waals surface area contributed by atoms with Crippen LogP contribution in [0.15, 0.2) is 36.9 Å². The minimum Gasteiger partial charge on any atom is -0.435 e. The van der Waals surface area contributed by atoms with E-state index in [0.29, 0.717) is 5.56 Å². The molecule has 2 aromatic heterocycles. The van der Waals surface area contributed by atoms with Crippen molar-refractivity contribution >= 4 is 17.1 Å². The number of amides is 1. The van der Waals surface area contributed by atoms with Crippen LogP contribution in [0.5, 0.6) is 5.75 Å². The van der Waals surface area contributed by atoms with Gasteiger partial charge in [0, 0.05) is 6.54 Å². The molecule has 1 fully saturated rings. The van der Waals surface area contributed by atoms with Gasteiger partial charge in [-0.2, -0.15) is 8.78 Å². The van der Waals surface area contributed by atoms with Crippen molar-refractivity contribution in [2.45, 2.75) is 44.6 Å². The first-order valence-corrected chi connectivity index (χ1v) is 9.36. The van der Waals surface area contributed by atoms with Crippen molar-refractivity contribution in [2.24, 2.45) is 0 Å². The van der Waals surface area contributed by atoms with E-state index in [1.807, 2.05) is 0 Å². The Hall–Kier alpha value is -3.22. The SMILES string of the molecule is C[C@H]1O[C@@H](n2cnc3c(C(=O)NCc4ccc(OC(F)F)cc4)ncnc32)[C@H](O)[C@@H]1O. The van der Waals surface area contributed by atoms with Crippen molar-refractivity contribution in [3.05, 3.63) is 48.2 Å². The average Bonchev–Trinajstić information content (AvgIpc) is 3.29. The monoisotopic (exact) mass is 435 g/mol. The highest BCUT2D eigenvalue weighted by molar-refractivity contribution is 6.02. The summed E-state index contributed by atoms with van der Waals surface area (Å²) in [5.41, 5.74) is 1.14. The van der Waals surface area contributed by atoms with E-state index in [-0.39, 0.29) is 29.2 Å². The summed E-state index contributed by atoms with van der Waals surface area (Å²) < 4.78 is 35.7. The first kappa shape index (κ1) is 21.0. The van der Waals surface area contributed by atoms with E-state index in [4.69, 9.17) is 4.74 Å². The van der Waals surface area contributed by atoms with Crippen LogP contribution in [0.2, 0.25) is 0 Å². The lowest BCUT2D eigenvalue weighted by molar-refractivity contribution is -0.0498. The molecular weight excluding hydrogens is 416 g/mol. The van der Waals surface area contributed by atoms with Gasteiger partial charge in [-0.25, -0.2) is 15.0 Å². The smallest absolute Gasteiger partial charge is 0.387 e. The van der Waals surface area contributed by atoms with Gasteiger partial charge in [0.05, 0.1) is 12.4 Å². The van der Waals surface area contributed by atoms with Crippen LogP contribution in [-0.4, -0.2) is 60.6 Å². The molecule has 0 spiro atoms. The van der Waals surface area contributed by atoms with Crippen LogP contribution in [0.3, 0.4) is 0 Å². The molecule has 3 N–H and O–H groups in total. The number of fused-ring (bicyclic) bond motifs is 1. The van der Waals surface area contributed by atoms with Gasteiger partial charge in [0.2, 0.25) is 0 Å². The number of halogens is 2. The Kier molecular flexibility index (Phi) is 5.76. The van der Waals surface area contributed by atoms with Crippen LogP contribution in [-0.2, 0) is 11.3 Å². The van der Waals surface area contributed by atoms with Gasteiger partial charge >= 0.3 is 6.61 Å². The number of aromatic nitrogens is 4. The van der Waals surface area contributed by atoms with Crippen molar-refractivity contribution in [1.82, 2.24) is 24.8 Å². The molecule has 10 nitrogen and oxygen atoms in total. The average molecular weight is 435 g/mol. The van der Waals surface area contributed by atoms with Gasteiger partial charge in [0.15, 0.2) is 17.6 Å². The minimum absolute atomic E-state index is 0.0162. The molecule has 4 atom stereocenters. The fourth-order valence-electron chi connectivity index (χ4n) is 3.32. The number of aliphatic hydroxyl groups excluding tert-OH is 2. The maximum absolute atomic E-state index is 12.6. The van der Waals surface area contributed by atoms with Crippen molar-refractivity contribution in [1.29, 1.82) is 0 Å². The number of alkyl halides is 2. The quantitative estimate of drug-likeness (QED) is 0.523. The van der Waals surface area contributed by atoms with E-state index in [1.165, 1.54) is 29.4 Å². The van der Waals surface area contributed by atoms with E-state index in [2.05, 4.69) is 25.0 Å². The predicted molar refractivity (Wildman–Crippen MR) is 101 cm³/mol. The number of ether oxygens (including phenoxy) is 2. The number of rotatable bonds is 6. The lowest BCUT2D eigenvalue weighted by Gasteiger charge is -2.16. The van der Waals surface area contributed by atoms with Crippen LogP contribution in [0.4, 0.5) is 8.78 Å². The third-order valence-corrected chi connectivity index (χ3v) is 4.93. The topological polar surface area (TPSA) is 132 Å². The van der Waals surface area contributed by atoms with Gasteiger partial charge in [-0.05, 0) is 24.6 Å². The van der Waals surface area contributed by atoms with Crippen LogP contribution < -0.4 is 10.1 Å². The predicted octanol–water partition coefficient (Wildman–Crippen LogP) is 0.997. The Labute approximate surface area is 174 Å². The fraction of sp³-hybridized carbons (Fsp3) is 0.368. The molecule has 31 heavy (non-hydrogen) atoms. The second-order valence-corrected chi connectivity index (χ2v) is 6.96. The minimum atomic E-state index is -2.91. The first-order valence-electron chi connectivity index (χ1n) is 9.36. The van der Waals surface area contributed by atoms with E-state index < -0.39 is 37.1 Å². The van der Waals surface area contributed by atoms with Crippen LogP contribution in [0.25, 0.3) is 11.2 Å². The van der Waals surface area contributed by atoms with E-state index in [9.17, 15) is 23.8 Å². The number of hydrogen-bond donors (Lipinski definition) is 3. The largest absolute Gasteiger partial charge is 0.435 e. The van der Waals surface area contributed by atoms with Crippen molar-refractivity contribution < 1.29 is 33.3 Å². The van der Waals surface area contributed by atoms with Gasteiger partial charge in [-0.15, -0.1) is 0 Å². The Bertz CT molecular complexity index is 1080. The Morgan fingerprint density at radius 2 is 1.97 bits per heavy atom. The molecule has 0 radical (unpaired) electrons. The van der Waals surface area contributed by atoms with Crippen molar-refractivity contribution in [2.75, 3.05) is 0 Å². The summed E-state index contributed by atoms with van der Waals surface area (Å²) in [5.74, 6) is -0.504. The number of carbonyl (C=O) groups is 1. The number of imidazole rings is 1. The second kappa shape index (κ2) is 8.49. The molecule has 164 valence electrons. The van der Waals surface area contributed by atoms with E-state index in [0.717, 1.165) is 0 Å². The number of benzene rings is 1. The summed E-state index contributed by atoms with van der Waals surface area (Å²) in [4.78, 5) is 25.0. The zero-order valence-electron chi connectivity index (χ0n) is 16.2. The Morgan fingerprint density at radius 1 is 1.23 bits per heavy atom. The fourth-order valence-corrected chi connectivity index (χ4v) is 3.32. The highest BCUT2D eigenvalue weighted by Gasteiger charge is 2.42. The number of nitrogens with zero attached hydrogens (tertiary/aromatic N) is 4. The molecule has 1 saturated heterocycles. The maximum Gasteiger partial charge on any atom is 0.387 e. The summed E-state index contributed by atoms with van der Waals surface area (Å²) in [6, 6.07) is 5.85. The van der Waals surface area contributed by atoms with Crippen LogP contribution >= 0.6 is 0 Å². The number of aliphatic hydroxyl groups is 2. The summed E-state index contributed by atoms with van der Waals surface area (Å²) in [6.07, 6.45) is -1.20. The molecule has 1 aliphatic heterocycles. The van der Waals surface area contributed by atoms with Gasteiger partial charge < -0.3 is 25.0 Å². The first-order chi connectivity index (χ1) is 14.8. The molecule has 0 unspecified atom stereocenters. The summed E-state index contributed by atoms with van der Waals surface area (Å²) in [5, 5.41) is 22.8. The highest BCUT2D eigenvalue weighted by Crippen LogP contribution is 2.31. The molecular formula is C19H19F2N5O5. The van der Waals surface area contributed by atoms with Crippen LogP contribution in [0.1, 0.15) is 29.2 Å². The molecule has 1 aliphatic rings. The Morgan fingerprint density at radius 3 is 2.61 bits per heavy atom. The third-order valence-electron chi connectivity index (χ3n) is 4.93. The molecule has 1 aromatic carbocycles. The molecule has 0 bridgehead atoms. The standard InChI is InChI=1S/C19H19F2N5O5/c1-9-14(27)15(28)18(30-9)26-8-25-12-13(23-7-24-16(12)26)17(29)22-6-10-2-4-11(5-3-10)31-19(20)21/h2-5,7-9,14-15,18-19,27-28H,6H2,1H3,(H,22,29)/t9-,14-,15-,18-/m1/s1.